The van der Waals surface area contributed by atoms with Crippen molar-refractivity contribution in [3.05, 3.63) is 6.33 Å². The second-order valence-electron chi connectivity index (χ2n) is 5.30. The number of aromatic nitrogens is 4. The van der Waals surface area contributed by atoms with Crippen LogP contribution in [0.4, 0.5) is 11.8 Å². The number of hydrogen-bond acceptors (Lipinski definition) is 5. The number of fused-ring (bicyclic) bond motifs is 1. The van der Waals surface area contributed by atoms with Crippen molar-refractivity contribution in [3.63, 3.8) is 0 Å². The monoisotopic (exact) mass is 248 g/mol. The van der Waals surface area contributed by atoms with E-state index in [2.05, 4.69) is 58.3 Å². The number of anilines is 2. The molecule has 2 aromatic rings. The SMILES string of the molecule is CCCNc1nc(NC(C)(C)C)c2[nH]cnc2n1. The van der Waals surface area contributed by atoms with Gasteiger partial charge in [-0.3, -0.25) is 0 Å². The van der Waals surface area contributed by atoms with Gasteiger partial charge < -0.3 is 15.6 Å². The van der Waals surface area contributed by atoms with Crippen molar-refractivity contribution in [2.75, 3.05) is 17.2 Å². The molecule has 0 aliphatic heterocycles. The molecule has 0 amide bonds. The lowest BCUT2D eigenvalue weighted by Crippen LogP contribution is -2.27. The Balaban J connectivity index is 2.38. The van der Waals surface area contributed by atoms with E-state index in [9.17, 15) is 0 Å². The van der Waals surface area contributed by atoms with Gasteiger partial charge in [0.2, 0.25) is 5.95 Å². The van der Waals surface area contributed by atoms with Crippen LogP contribution in [0.3, 0.4) is 0 Å². The summed E-state index contributed by atoms with van der Waals surface area (Å²) in [7, 11) is 0. The van der Waals surface area contributed by atoms with Crippen LogP contribution >= 0.6 is 0 Å². The van der Waals surface area contributed by atoms with Gasteiger partial charge in [0.05, 0.1) is 6.33 Å². The Bertz CT molecular complexity index is 525. The summed E-state index contributed by atoms with van der Waals surface area (Å²) in [5.41, 5.74) is 1.45. The molecule has 0 aliphatic carbocycles. The molecule has 0 saturated carbocycles. The smallest absolute Gasteiger partial charge is 0.226 e. The summed E-state index contributed by atoms with van der Waals surface area (Å²) in [6.45, 7) is 9.24. The zero-order valence-corrected chi connectivity index (χ0v) is 11.3. The van der Waals surface area contributed by atoms with Gasteiger partial charge in [0, 0.05) is 12.1 Å². The van der Waals surface area contributed by atoms with E-state index in [1.807, 2.05) is 0 Å². The van der Waals surface area contributed by atoms with Gasteiger partial charge in [-0.15, -0.1) is 0 Å². The van der Waals surface area contributed by atoms with Crippen molar-refractivity contribution in [1.29, 1.82) is 0 Å². The highest BCUT2D eigenvalue weighted by Gasteiger charge is 2.15. The molecule has 0 radical (unpaired) electrons. The normalized spacial score (nSPS) is 11.8. The van der Waals surface area contributed by atoms with E-state index in [-0.39, 0.29) is 5.54 Å². The molecular formula is C12H20N6. The second-order valence-corrected chi connectivity index (χ2v) is 5.30. The van der Waals surface area contributed by atoms with E-state index in [1.165, 1.54) is 0 Å². The Morgan fingerprint density at radius 1 is 1.28 bits per heavy atom. The number of imidazole rings is 1. The highest BCUT2D eigenvalue weighted by atomic mass is 15.2. The Kier molecular flexibility index (Phi) is 3.36. The van der Waals surface area contributed by atoms with Crippen LogP contribution in [0.25, 0.3) is 11.2 Å². The topological polar surface area (TPSA) is 78.5 Å². The van der Waals surface area contributed by atoms with Crippen molar-refractivity contribution >= 4 is 22.9 Å². The lowest BCUT2D eigenvalue weighted by atomic mass is 10.1. The Morgan fingerprint density at radius 3 is 2.72 bits per heavy atom. The number of rotatable bonds is 4. The van der Waals surface area contributed by atoms with E-state index < -0.39 is 0 Å². The van der Waals surface area contributed by atoms with Gasteiger partial charge in [0.15, 0.2) is 11.5 Å². The lowest BCUT2D eigenvalue weighted by Gasteiger charge is -2.21. The van der Waals surface area contributed by atoms with Crippen LogP contribution in [-0.4, -0.2) is 32.0 Å². The van der Waals surface area contributed by atoms with E-state index >= 15 is 0 Å². The molecule has 2 heterocycles. The first-order valence-corrected chi connectivity index (χ1v) is 6.23. The summed E-state index contributed by atoms with van der Waals surface area (Å²) < 4.78 is 0. The maximum atomic E-state index is 4.49. The molecule has 6 heteroatoms. The van der Waals surface area contributed by atoms with Crippen molar-refractivity contribution in [3.8, 4) is 0 Å². The standard InChI is InChI=1S/C12H20N6/c1-5-6-13-11-16-9-8(14-7-15-9)10(17-11)18-12(2,3)4/h7H,5-6H2,1-4H3,(H3,13,14,15,16,17,18). The van der Waals surface area contributed by atoms with Crippen LogP contribution in [0.5, 0.6) is 0 Å². The van der Waals surface area contributed by atoms with E-state index in [0.717, 1.165) is 24.3 Å². The van der Waals surface area contributed by atoms with E-state index in [1.54, 1.807) is 6.33 Å². The van der Waals surface area contributed by atoms with Crippen molar-refractivity contribution in [2.24, 2.45) is 0 Å². The minimum atomic E-state index is -0.0611. The average molecular weight is 248 g/mol. The molecule has 0 aliphatic rings. The first-order valence-electron chi connectivity index (χ1n) is 6.23. The number of nitrogens with one attached hydrogen (secondary N) is 3. The van der Waals surface area contributed by atoms with Crippen molar-refractivity contribution < 1.29 is 0 Å². The third kappa shape index (κ3) is 2.88. The molecule has 0 spiro atoms. The third-order valence-corrected chi connectivity index (χ3v) is 2.31. The average Bonchev–Trinajstić information content (AvgIpc) is 2.72. The fourth-order valence-corrected chi connectivity index (χ4v) is 1.59. The summed E-state index contributed by atoms with van der Waals surface area (Å²) >= 11 is 0. The largest absolute Gasteiger partial charge is 0.364 e. The fourth-order valence-electron chi connectivity index (χ4n) is 1.59. The first kappa shape index (κ1) is 12.6. The van der Waals surface area contributed by atoms with Gasteiger partial charge in [-0.25, -0.2) is 4.98 Å². The first-order chi connectivity index (χ1) is 8.49. The van der Waals surface area contributed by atoms with Crippen LogP contribution < -0.4 is 10.6 Å². The van der Waals surface area contributed by atoms with E-state index in [0.29, 0.717) is 11.6 Å². The molecule has 0 saturated heterocycles. The van der Waals surface area contributed by atoms with Crippen molar-refractivity contribution in [2.45, 2.75) is 39.7 Å². The third-order valence-electron chi connectivity index (χ3n) is 2.31. The quantitative estimate of drug-likeness (QED) is 0.774. The van der Waals surface area contributed by atoms with Crippen LogP contribution in [0.1, 0.15) is 34.1 Å². The second kappa shape index (κ2) is 4.80. The highest BCUT2D eigenvalue weighted by molar-refractivity contribution is 5.83. The lowest BCUT2D eigenvalue weighted by molar-refractivity contribution is 0.631. The number of aromatic amines is 1. The predicted molar refractivity (Wildman–Crippen MR) is 73.8 cm³/mol. The van der Waals surface area contributed by atoms with E-state index in [4.69, 9.17) is 0 Å². The maximum absolute atomic E-state index is 4.49. The highest BCUT2D eigenvalue weighted by Crippen LogP contribution is 2.21. The minimum absolute atomic E-state index is 0.0611. The van der Waals surface area contributed by atoms with Gasteiger partial charge in [-0.2, -0.15) is 9.97 Å². The summed E-state index contributed by atoms with van der Waals surface area (Å²) in [5, 5.41) is 6.55. The predicted octanol–water partition coefficient (Wildman–Crippen LogP) is 2.39. The molecule has 98 valence electrons. The van der Waals surface area contributed by atoms with Crippen LogP contribution in [0.15, 0.2) is 6.33 Å². The summed E-state index contributed by atoms with van der Waals surface area (Å²) in [5.74, 6) is 1.40. The zero-order valence-electron chi connectivity index (χ0n) is 11.3. The van der Waals surface area contributed by atoms with Gasteiger partial charge >= 0.3 is 0 Å². The number of nitrogens with zero attached hydrogens (tertiary/aromatic N) is 3. The van der Waals surface area contributed by atoms with Gasteiger partial charge in [0.25, 0.3) is 0 Å². The molecule has 0 bridgehead atoms. The number of hydrogen-bond donors (Lipinski definition) is 3. The molecule has 0 atom stereocenters. The van der Waals surface area contributed by atoms with Crippen LogP contribution in [-0.2, 0) is 0 Å². The summed E-state index contributed by atoms with van der Waals surface area (Å²) in [4.78, 5) is 16.1. The molecule has 0 unspecified atom stereocenters. The molecule has 2 rings (SSSR count). The Hall–Kier alpha value is -1.85. The van der Waals surface area contributed by atoms with Crippen LogP contribution in [0.2, 0.25) is 0 Å². The molecule has 18 heavy (non-hydrogen) atoms. The van der Waals surface area contributed by atoms with Crippen LogP contribution in [0, 0.1) is 0 Å². The molecule has 0 fully saturated rings. The number of H-pyrrole nitrogens is 1. The van der Waals surface area contributed by atoms with Gasteiger partial charge in [-0.05, 0) is 27.2 Å². The summed E-state index contributed by atoms with van der Waals surface area (Å²) in [6, 6.07) is 0. The van der Waals surface area contributed by atoms with Gasteiger partial charge in [-0.1, -0.05) is 6.92 Å². The molecular weight excluding hydrogens is 228 g/mol. The Labute approximate surface area is 107 Å². The van der Waals surface area contributed by atoms with Crippen molar-refractivity contribution in [1.82, 2.24) is 19.9 Å². The molecule has 3 N–H and O–H groups in total. The summed E-state index contributed by atoms with van der Waals surface area (Å²) in [6.07, 6.45) is 2.67. The minimum Gasteiger partial charge on any atom is -0.364 e. The Morgan fingerprint density at radius 2 is 2.06 bits per heavy atom. The van der Waals surface area contributed by atoms with Gasteiger partial charge in [0.1, 0.15) is 5.52 Å². The fraction of sp³-hybridized carbons (Fsp3) is 0.583. The molecule has 0 aromatic carbocycles. The maximum Gasteiger partial charge on any atom is 0.226 e. The molecule has 2 aromatic heterocycles. The zero-order chi connectivity index (χ0) is 13.2. The molecule has 6 nitrogen and oxygen atoms in total.